The van der Waals surface area contributed by atoms with Crippen LogP contribution in [0, 0.1) is 0 Å². The first-order chi connectivity index (χ1) is 15.9. The largest absolute Gasteiger partial charge is 0.460 e. The van der Waals surface area contributed by atoms with E-state index in [1.807, 2.05) is 12.1 Å². The maximum atomic E-state index is 13.2. The SMILES string of the molecule is O=C(OCc1cc(=O)oc2cc3c(cc12)CCC3)C1CCCCN1S(=O)(=O)c1ccccc1. The zero-order valence-corrected chi connectivity index (χ0v) is 19.0. The lowest BCUT2D eigenvalue weighted by Crippen LogP contribution is -2.48. The van der Waals surface area contributed by atoms with E-state index in [4.69, 9.17) is 9.15 Å². The number of carbonyl (C=O) groups excluding carboxylic acids is 1. The third-order valence-electron chi connectivity index (χ3n) is 6.49. The van der Waals surface area contributed by atoms with Crippen molar-refractivity contribution in [2.75, 3.05) is 6.54 Å². The number of aryl methyl sites for hydroxylation is 2. The quantitative estimate of drug-likeness (QED) is 0.421. The molecule has 1 aliphatic heterocycles. The van der Waals surface area contributed by atoms with Crippen molar-refractivity contribution in [3.63, 3.8) is 0 Å². The fourth-order valence-electron chi connectivity index (χ4n) is 4.82. The molecule has 8 heteroatoms. The lowest BCUT2D eigenvalue weighted by atomic mass is 10.0. The van der Waals surface area contributed by atoms with Crippen LogP contribution < -0.4 is 5.63 Å². The first-order valence-corrected chi connectivity index (χ1v) is 12.7. The van der Waals surface area contributed by atoms with E-state index in [0.29, 0.717) is 24.0 Å². The average Bonchev–Trinajstić information content (AvgIpc) is 3.29. The van der Waals surface area contributed by atoms with Crippen LogP contribution in [-0.2, 0) is 39.0 Å². The van der Waals surface area contributed by atoms with Gasteiger partial charge in [0.1, 0.15) is 18.2 Å². The summed E-state index contributed by atoms with van der Waals surface area (Å²) in [4.78, 5) is 25.3. The Morgan fingerprint density at radius 1 is 1.03 bits per heavy atom. The minimum absolute atomic E-state index is 0.116. The lowest BCUT2D eigenvalue weighted by molar-refractivity contribution is -0.150. The lowest BCUT2D eigenvalue weighted by Gasteiger charge is -2.33. The number of ether oxygens (including phenoxy) is 1. The summed E-state index contributed by atoms with van der Waals surface area (Å²) < 4.78 is 38.5. The van der Waals surface area contributed by atoms with E-state index >= 15 is 0 Å². The smallest absolute Gasteiger partial charge is 0.336 e. The molecular weight excluding hydrogens is 442 g/mol. The third kappa shape index (κ3) is 4.20. The van der Waals surface area contributed by atoms with Gasteiger partial charge in [-0.2, -0.15) is 4.31 Å². The summed E-state index contributed by atoms with van der Waals surface area (Å²) in [7, 11) is -3.82. The maximum absolute atomic E-state index is 13.2. The molecule has 3 aromatic rings. The monoisotopic (exact) mass is 467 g/mol. The molecule has 0 spiro atoms. The number of sulfonamides is 1. The molecular formula is C25H25NO6S. The highest BCUT2D eigenvalue weighted by Gasteiger charge is 2.38. The number of carbonyl (C=O) groups is 1. The molecule has 1 aliphatic carbocycles. The van der Waals surface area contributed by atoms with Crippen LogP contribution in [0.25, 0.3) is 11.0 Å². The minimum Gasteiger partial charge on any atom is -0.460 e. The number of hydrogen-bond acceptors (Lipinski definition) is 6. The molecule has 7 nitrogen and oxygen atoms in total. The van der Waals surface area contributed by atoms with Crippen LogP contribution in [0.3, 0.4) is 0 Å². The van der Waals surface area contributed by atoms with E-state index in [-0.39, 0.29) is 18.0 Å². The highest BCUT2D eigenvalue weighted by molar-refractivity contribution is 7.89. The maximum Gasteiger partial charge on any atom is 0.336 e. The van der Waals surface area contributed by atoms with Crippen molar-refractivity contribution in [3.05, 3.63) is 75.6 Å². The number of piperidine rings is 1. The summed E-state index contributed by atoms with van der Waals surface area (Å²) >= 11 is 0. The van der Waals surface area contributed by atoms with Crippen LogP contribution in [-0.4, -0.2) is 31.3 Å². The second-order valence-electron chi connectivity index (χ2n) is 8.61. The molecule has 0 radical (unpaired) electrons. The molecule has 0 N–H and O–H groups in total. The Morgan fingerprint density at radius 2 is 1.79 bits per heavy atom. The summed E-state index contributed by atoms with van der Waals surface area (Å²) in [5.74, 6) is -0.600. The number of esters is 1. The van der Waals surface area contributed by atoms with Gasteiger partial charge < -0.3 is 9.15 Å². The number of benzene rings is 2. The Hall–Kier alpha value is -2.97. The molecule has 2 aliphatic rings. The van der Waals surface area contributed by atoms with Gasteiger partial charge in [0.2, 0.25) is 10.0 Å². The van der Waals surface area contributed by atoms with Gasteiger partial charge in [-0.15, -0.1) is 0 Å². The van der Waals surface area contributed by atoms with Crippen LogP contribution in [0.4, 0.5) is 0 Å². The Labute approximate surface area is 192 Å². The zero-order chi connectivity index (χ0) is 23.0. The Kier molecular flexibility index (Phi) is 5.80. The van der Waals surface area contributed by atoms with Gasteiger partial charge in [0.15, 0.2) is 0 Å². The molecule has 1 unspecified atom stereocenters. The summed E-state index contributed by atoms with van der Waals surface area (Å²) in [6.45, 7) is 0.149. The van der Waals surface area contributed by atoms with Gasteiger partial charge >= 0.3 is 11.6 Å². The van der Waals surface area contributed by atoms with Gasteiger partial charge in [-0.1, -0.05) is 18.2 Å². The number of fused-ring (bicyclic) bond motifs is 2. The third-order valence-corrected chi connectivity index (χ3v) is 8.41. The van der Waals surface area contributed by atoms with E-state index in [0.717, 1.165) is 31.1 Å². The summed E-state index contributed by atoms with van der Waals surface area (Å²) in [6.07, 6.45) is 4.82. The van der Waals surface area contributed by atoms with Crippen LogP contribution in [0.2, 0.25) is 0 Å². The minimum atomic E-state index is -3.82. The summed E-state index contributed by atoms with van der Waals surface area (Å²) in [6, 6.07) is 12.5. The molecule has 0 amide bonds. The van der Waals surface area contributed by atoms with Gasteiger partial charge in [-0.25, -0.2) is 13.2 Å². The number of rotatable bonds is 5. The Morgan fingerprint density at radius 3 is 2.58 bits per heavy atom. The normalized spacial score (nSPS) is 18.8. The molecule has 33 heavy (non-hydrogen) atoms. The standard InChI is InChI=1S/C25H25NO6S/c27-24-15-19(21-13-17-7-6-8-18(17)14-23(21)32-24)16-31-25(28)22-11-4-5-12-26(22)33(29,30)20-9-2-1-3-10-20/h1-3,9-10,13-15,22H,4-8,11-12,16H2. The molecule has 2 heterocycles. The molecule has 1 atom stereocenters. The topological polar surface area (TPSA) is 93.9 Å². The second-order valence-corrected chi connectivity index (χ2v) is 10.5. The Bertz CT molecular complexity index is 1360. The van der Waals surface area contributed by atoms with Crippen LogP contribution in [0.5, 0.6) is 0 Å². The van der Waals surface area contributed by atoms with Gasteiger partial charge in [0.05, 0.1) is 4.90 Å². The molecule has 172 valence electrons. The van der Waals surface area contributed by atoms with Crippen molar-refractivity contribution in [2.45, 2.75) is 56.1 Å². The molecule has 0 bridgehead atoms. The first kappa shape index (κ1) is 21.9. The predicted octanol–water partition coefficient (Wildman–Crippen LogP) is 3.57. The van der Waals surface area contributed by atoms with Crippen molar-refractivity contribution >= 4 is 27.0 Å². The highest BCUT2D eigenvalue weighted by atomic mass is 32.2. The summed E-state index contributed by atoms with van der Waals surface area (Å²) in [5, 5.41) is 0.750. The molecule has 1 saturated heterocycles. The fraction of sp³-hybridized carbons (Fsp3) is 0.360. The Balaban J connectivity index is 1.39. The van der Waals surface area contributed by atoms with E-state index in [9.17, 15) is 18.0 Å². The van der Waals surface area contributed by atoms with Gasteiger partial charge in [0.25, 0.3) is 0 Å². The van der Waals surface area contributed by atoms with Gasteiger partial charge in [0, 0.05) is 23.6 Å². The van der Waals surface area contributed by atoms with Crippen molar-refractivity contribution in [1.29, 1.82) is 0 Å². The van der Waals surface area contributed by atoms with E-state index in [1.54, 1.807) is 18.2 Å². The van der Waals surface area contributed by atoms with Crippen molar-refractivity contribution in [3.8, 4) is 0 Å². The average molecular weight is 468 g/mol. The predicted molar refractivity (Wildman–Crippen MR) is 122 cm³/mol. The van der Waals surface area contributed by atoms with Crippen LogP contribution in [0.15, 0.2) is 62.6 Å². The van der Waals surface area contributed by atoms with Crippen LogP contribution >= 0.6 is 0 Å². The zero-order valence-electron chi connectivity index (χ0n) is 18.2. The first-order valence-electron chi connectivity index (χ1n) is 11.3. The van der Waals surface area contributed by atoms with Crippen molar-refractivity contribution in [2.24, 2.45) is 0 Å². The second kappa shape index (κ2) is 8.76. The molecule has 0 saturated carbocycles. The van der Waals surface area contributed by atoms with E-state index in [1.165, 1.54) is 33.6 Å². The highest BCUT2D eigenvalue weighted by Crippen LogP contribution is 2.30. The van der Waals surface area contributed by atoms with E-state index in [2.05, 4.69) is 0 Å². The van der Waals surface area contributed by atoms with Crippen LogP contribution in [0.1, 0.15) is 42.4 Å². The van der Waals surface area contributed by atoms with Gasteiger partial charge in [-0.3, -0.25) is 4.79 Å². The fourth-order valence-corrected chi connectivity index (χ4v) is 6.48. The van der Waals surface area contributed by atoms with Crippen molar-refractivity contribution in [1.82, 2.24) is 4.31 Å². The van der Waals surface area contributed by atoms with Gasteiger partial charge in [-0.05, 0) is 73.9 Å². The van der Waals surface area contributed by atoms with Crippen molar-refractivity contribution < 1.29 is 22.4 Å². The molecule has 1 fully saturated rings. The van der Waals surface area contributed by atoms with E-state index < -0.39 is 27.7 Å². The summed E-state index contributed by atoms with van der Waals surface area (Å²) in [5.41, 5.74) is 2.95. The molecule has 2 aromatic carbocycles. The molecule has 1 aromatic heterocycles. The number of nitrogens with zero attached hydrogens (tertiary/aromatic N) is 1. The number of hydrogen-bond donors (Lipinski definition) is 0. The molecule has 5 rings (SSSR count).